The second kappa shape index (κ2) is 49.8. The fraction of sp³-hybridized carbons (Fsp3) is 0.764. The van der Waals surface area contributed by atoms with Gasteiger partial charge in [0.15, 0.2) is 6.10 Å². The minimum Gasteiger partial charge on any atom is -0.462 e. The predicted octanol–water partition coefficient (Wildman–Crippen LogP) is 16.9. The Labute approximate surface area is 377 Å². The van der Waals surface area contributed by atoms with Crippen molar-refractivity contribution in [3.05, 3.63) is 60.8 Å². The van der Waals surface area contributed by atoms with Gasteiger partial charge in [-0.2, -0.15) is 0 Å². The van der Waals surface area contributed by atoms with Crippen molar-refractivity contribution in [2.45, 2.75) is 258 Å². The van der Waals surface area contributed by atoms with Crippen LogP contribution in [-0.4, -0.2) is 37.2 Å². The van der Waals surface area contributed by atoms with Crippen LogP contribution in [0.3, 0.4) is 0 Å². The van der Waals surface area contributed by atoms with Gasteiger partial charge in [-0.1, -0.05) is 210 Å². The van der Waals surface area contributed by atoms with Gasteiger partial charge in [0, 0.05) is 19.3 Å². The summed E-state index contributed by atoms with van der Waals surface area (Å²) in [5.41, 5.74) is 0. The molecule has 0 rings (SSSR count). The summed E-state index contributed by atoms with van der Waals surface area (Å²) in [6.45, 7) is 6.48. The molecule has 0 aliphatic carbocycles. The van der Waals surface area contributed by atoms with Gasteiger partial charge in [0.05, 0.1) is 0 Å². The van der Waals surface area contributed by atoms with Crippen LogP contribution < -0.4 is 0 Å². The highest BCUT2D eigenvalue weighted by Gasteiger charge is 2.19. The molecule has 0 aliphatic rings. The average Bonchev–Trinajstić information content (AvgIpc) is 3.26. The number of hydrogen-bond acceptors (Lipinski definition) is 6. The molecule has 0 saturated carbocycles. The maximum Gasteiger partial charge on any atom is 0.306 e. The third-order valence-electron chi connectivity index (χ3n) is 11.0. The number of carbonyl (C=O) groups excluding carboxylic acids is 3. The van der Waals surface area contributed by atoms with Crippen LogP contribution in [0.25, 0.3) is 0 Å². The van der Waals surface area contributed by atoms with E-state index in [0.717, 1.165) is 83.5 Å². The second-order valence-electron chi connectivity index (χ2n) is 17.1. The highest BCUT2D eigenvalue weighted by atomic mass is 16.6. The average molecular weight is 853 g/mol. The molecule has 0 fully saturated rings. The third kappa shape index (κ3) is 48.0. The SMILES string of the molecule is CC/C=C\C/C=C\C/C=C\C/C=C\CCCCC(=O)OC[C@H](COC(=O)CCCCCCCCCCCCC)OC(=O)CCCCCCCCC/C=C\CCCCCCCC. The summed E-state index contributed by atoms with van der Waals surface area (Å²) in [4.78, 5) is 37.9. The van der Waals surface area contributed by atoms with E-state index in [4.69, 9.17) is 14.2 Å². The number of ether oxygens (including phenoxy) is 3. The number of hydrogen-bond donors (Lipinski definition) is 0. The summed E-state index contributed by atoms with van der Waals surface area (Å²) >= 11 is 0. The summed E-state index contributed by atoms with van der Waals surface area (Å²) < 4.78 is 16.7. The lowest BCUT2D eigenvalue weighted by Crippen LogP contribution is -2.30. The lowest BCUT2D eigenvalue weighted by Gasteiger charge is -2.18. The second-order valence-corrected chi connectivity index (χ2v) is 17.1. The van der Waals surface area contributed by atoms with Gasteiger partial charge < -0.3 is 14.2 Å². The van der Waals surface area contributed by atoms with Crippen LogP contribution in [0.2, 0.25) is 0 Å². The zero-order valence-electron chi connectivity index (χ0n) is 40.2. The Morgan fingerprint density at radius 2 is 0.639 bits per heavy atom. The zero-order valence-corrected chi connectivity index (χ0v) is 40.2. The Balaban J connectivity index is 4.42. The highest BCUT2D eigenvalue weighted by molar-refractivity contribution is 5.71. The molecule has 0 saturated heterocycles. The highest BCUT2D eigenvalue weighted by Crippen LogP contribution is 2.15. The molecular weight excluding hydrogens is 757 g/mol. The molecule has 61 heavy (non-hydrogen) atoms. The van der Waals surface area contributed by atoms with Crippen molar-refractivity contribution in [3.63, 3.8) is 0 Å². The molecule has 0 unspecified atom stereocenters. The van der Waals surface area contributed by atoms with E-state index >= 15 is 0 Å². The lowest BCUT2D eigenvalue weighted by molar-refractivity contribution is -0.167. The van der Waals surface area contributed by atoms with Crippen LogP contribution in [-0.2, 0) is 28.6 Å². The zero-order chi connectivity index (χ0) is 44.4. The van der Waals surface area contributed by atoms with Gasteiger partial charge in [0.25, 0.3) is 0 Å². The van der Waals surface area contributed by atoms with E-state index in [1.807, 2.05) is 0 Å². The van der Waals surface area contributed by atoms with E-state index in [-0.39, 0.29) is 31.1 Å². The molecule has 0 aromatic carbocycles. The molecule has 6 heteroatoms. The first-order valence-corrected chi connectivity index (χ1v) is 25.8. The summed E-state index contributed by atoms with van der Waals surface area (Å²) in [6.07, 6.45) is 60.6. The van der Waals surface area contributed by atoms with Crippen LogP contribution in [0.5, 0.6) is 0 Å². The smallest absolute Gasteiger partial charge is 0.306 e. The van der Waals surface area contributed by atoms with Crippen molar-refractivity contribution in [3.8, 4) is 0 Å². The quantitative estimate of drug-likeness (QED) is 0.0263. The topological polar surface area (TPSA) is 78.9 Å². The van der Waals surface area contributed by atoms with Gasteiger partial charge in [-0.15, -0.1) is 0 Å². The lowest BCUT2D eigenvalue weighted by atomic mass is 10.1. The van der Waals surface area contributed by atoms with Crippen LogP contribution in [0, 0.1) is 0 Å². The van der Waals surface area contributed by atoms with Crippen molar-refractivity contribution in [1.82, 2.24) is 0 Å². The molecule has 1 atom stereocenters. The Kier molecular flexibility index (Phi) is 47.4. The van der Waals surface area contributed by atoms with Crippen molar-refractivity contribution >= 4 is 17.9 Å². The van der Waals surface area contributed by atoms with E-state index in [2.05, 4.69) is 81.5 Å². The van der Waals surface area contributed by atoms with Gasteiger partial charge >= 0.3 is 17.9 Å². The fourth-order valence-electron chi connectivity index (χ4n) is 7.13. The van der Waals surface area contributed by atoms with Gasteiger partial charge in [0.2, 0.25) is 0 Å². The van der Waals surface area contributed by atoms with E-state index in [9.17, 15) is 14.4 Å². The van der Waals surface area contributed by atoms with E-state index in [1.165, 1.54) is 128 Å². The van der Waals surface area contributed by atoms with Gasteiger partial charge in [0.1, 0.15) is 13.2 Å². The Morgan fingerprint density at radius 1 is 0.344 bits per heavy atom. The molecule has 0 N–H and O–H groups in total. The first kappa shape index (κ1) is 58.1. The molecule has 0 spiro atoms. The van der Waals surface area contributed by atoms with Crippen LogP contribution >= 0.6 is 0 Å². The Hall–Kier alpha value is -2.89. The van der Waals surface area contributed by atoms with Gasteiger partial charge in [-0.05, 0) is 83.5 Å². The van der Waals surface area contributed by atoms with E-state index < -0.39 is 6.10 Å². The molecule has 0 radical (unpaired) electrons. The maximum atomic E-state index is 12.8. The van der Waals surface area contributed by atoms with E-state index in [0.29, 0.717) is 19.3 Å². The Bertz CT molecular complexity index is 1120. The summed E-state index contributed by atoms with van der Waals surface area (Å²) in [7, 11) is 0. The first-order chi connectivity index (χ1) is 30.0. The summed E-state index contributed by atoms with van der Waals surface area (Å²) in [6, 6.07) is 0. The van der Waals surface area contributed by atoms with Gasteiger partial charge in [-0.25, -0.2) is 0 Å². The number of carbonyl (C=O) groups is 3. The van der Waals surface area contributed by atoms with Crippen molar-refractivity contribution in [2.24, 2.45) is 0 Å². The van der Waals surface area contributed by atoms with Crippen molar-refractivity contribution < 1.29 is 28.6 Å². The van der Waals surface area contributed by atoms with Crippen molar-refractivity contribution in [1.29, 1.82) is 0 Å². The molecule has 0 aromatic rings. The largest absolute Gasteiger partial charge is 0.462 e. The minimum atomic E-state index is -0.790. The first-order valence-electron chi connectivity index (χ1n) is 25.8. The number of rotatable bonds is 46. The van der Waals surface area contributed by atoms with Crippen LogP contribution in [0.4, 0.5) is 0 Å². The number of unbranched alkanes of at least 4 members (excludes halogenated alkanes) is 25. The van der Waals surface area contributed by atoms with Crippen LogP contribution in [0.15, 0.2) is 60.8 Å². The standard InChI is InChI=1S/C55H96O6/c1-4-7-10-13-16-19-22-24-26-27-29-31-34-37-40-43-46-49-55(58)61-52(50-59-53(56)47-44-41-38-35-32-21-18-15-12-9-6-3)51-60-54(57)48-45-42-39-36-33-30-28-25-23-20-17-14-11-8-5-2/h8,11,17,20,24-26,28,33,36,52H,4-7,9-10,12-16,18-19,21-23,27,29-32,34-35,37-51H2,1-3H3/b11-8-,20-17-,26-24-,28-25-,36-33-/t52-/m0/s1. The molecule has 0 aromatic heterocycles. The minimum absolute atomic E-state index is 0.0873. The normalized spacial score (nSPS) is 12.5. The van der Waals surface area contributed by atoms with E-state index in [1.54, 1.807) is 0 Å². The monoisotopic (exact) mass is 853 g/mol. The molecule has 0 bridgehead atoms. The maximum absolute atomic E-state index is 12.8. The molecule has 6 nitrogen and oxygen atoms in total. The fourth-order valence-corrected chi connectivity index (χ4v) is 7.13. The summed E-state index contributed by atoms with van der Waals surface area (Å²) in [5, 5.41) is 0. The summed E-state index contributed by atoms with van der Waals surface area (Å²) in [5.74, 6) is -0.931. The number of esters is 3. The third-order valence-corrected chi connectivity index (χ3v) is 11.0. The molecule has 352 valence electrons. The molecule has 0 aliphatic heterocycles. The van der Waals surface area contributed by atoms with Crippen molar-refractivity contribution in [2.75, 3.05) is 13.2 Å². The molecular formula is C55H96O6. The molecule has 0 heterocycles. The predicted molar refractivity (Wildman–Crippen MR) is 261 cm³/mol. The van der Waals surface area contributed by atoms with Crippen LogP contribution in [0.1, 0.15) is 252 Å². The Morgan fingerprint density at radius 3 is 1.05 bits per heavy atom. The molecule has 0 amide bonds. The number of allylic oxidation sites excluding steroid dienone is 10. The van der Waals surface area contributed by atoms with Gasteiger partial charge in [-0.3, -0.25) is 14.4 Å².